The van der Waals surface area contributed by atoms with E-state index in [1.165, 1.54) is 0 Å². The molecular weight excluding hydrogens is 386 g/mol. The van der Waals surface area contributed by atoms with Gasteiger partial charge in [0.2, 0.25) is 5.78 Å². The van der Waals surface area contributed by atoms with Crippen molar-refractivity contribution in [2.75, 3.05) is 11.9 Å². The summed E-state index contributed by atoms with van der Waals surface area (Å²) in [5, 5.41) is 5.68. The van der Waals surface area contributed by atoms with Crippen molar-refractivity contribution in [3.05, 3.63) is 102 Å². The fraction of sp³-hybridized carbons (Fsp3) is 0.154. The van der Waals surface area contributed by atoms with Crippen LogP contribution in [0.3, 0.4) is 0 Å². The van der Waals surface area contributed by atoms with E-state index in [0.717, 1.165) is 34.1 Å². The zero-order valence-electron chi connectivity index (χ0n) is 17.5. The molecule has 156 valence electrons. The molecule has 0 saturated heterocycles. The molecule has 0 bridgehead atoms. The number of rotatable bonds is 8. The van der Waals surface area contributed by atoms with Crippen LogP contribution in [-0.2, 0) is 11.2 Å². The van der Waals surface area contributed by atoms with Gasteiger partial charge < -0.3 is 15.6 Å². The molecule has 1 amide bonds. The number of fused-ring (bicyclic) bond motifs is 1. The summed E-state index contributed by atoms with van der Waals surface area (Å²) < 4.78 is 0. The van der Waals surface area contributed by atoms with Gasteiger partial charge in [0.05, 0.1) is 0 Å². The lowest BCUT2D eigenvalue weighted by Crippen LogP contribution is -2.88. The van der Waals surface area contributed by atoms with Gasteiger partial charge in [0, 0.05) is 33.9 Å². The van der Waals surface area contributed by atoms with Gasteiger partial charge in [-0.05, 0) is 24.1 Å². The average Bonchev–Trinajstić information content (AvgIpc) is 3.24. The number of benzene rings is 3. The topological polar surface area (TPSA) is 78.6 Å². The van der Waals surface area contributed by atoms with Gasteiger partial charge in [-0.3, -0.25) is 9.59 Å². The van der Waals surface area contributed by atoms with Crippen molar-refractivity contribution in [2.45, 2.75) is 19.4 Å². The Bertz CT molecular complexity index is 1200. The first-order chi connectivity index (χ1) is 15.2. The lowest BCUT2D eigenvalue weighted by atomic mass is 9.97. The summed E-state index contributed by atoms with van der Waals surface area (Å²) in [5.41, 5.74) is 4.34. The first-order valence-corrected chi connectivity index (χ1v) is 10.5. The van der Waals surface area contributed by atoms with Crippen LogP contribution in [0.25, 0.3) is 10.9 Å². The molecule has 31 heavy (non-hydrogen) atoms. The van der Waals surface area contributed by atoms with Gasteiger partial charge in [-0.25, -0.2) is 0 Å². The molecule has 0 aliphatic heterocycles. The van der Waals surface area contributed by atoms with E-state index in [1.807, 2.05) is 84.2 Å². The Morgan fingerprint density at radius 2 is 1.65 bits per heavy atom. The number of Topliss-reactive ketones (excluding diaryl/α,β-unsaturated/α-hetero) is 1. The zero-order chi connectivity index (χ0) is 21.6. The number of carbonyl (C=O) groups excluding carboxylic acids is 2. The Morgan fingerprint density at radius 1 is 0.935 bits per heavy atom. The number of nitrogens with two attached hydrogens (primary N) is 1. The molecule has 5 nitrogen and oxygen atoms in total. The van der Waals surface area contributed by atoms with E-state index < -0.39 is 6.04 Å². The third-order valence-electron chi connectivity index (χ3n) is 5.51. The third kappa shape index (κ3) is 4.57. The van der Waals surface area contributed by atoms with Gasteiger partial charge in [-0.1, -0.05) is 73.7 Å². The van der Waals surface area contributed by atoms with Gasteiger partial charge in [0.25, 0.3) is 5.91 Å². The standard InChI is InChI=1S/C26H25N3O2/c1-2-18-10-6-8-14-22(18)29-24(30)17-28-25(19-11-4-3-5-12-19)26(31)21-16-27-23-15-9-7-13-20(21)23/h3-16,25,27-28H,2,17H2,1H3,(H,29,30)/p+1/t25-/m1/s1. The number of ketones is 1. The molecule has 5 heteroatoms. The molecule has 0 spiro atoms. The fourth-order valence-electron chi connectivity index (χ4n) is 3.87. The molecule has 1 atom stereocenters. The fourth-order valence-corrected chi connectivity index (χ4v) is 3.87. The van der Waals surface area contributed by atoms with E-state index >= 15 is 0 Å². The maximum atomic E-state index is 13.5. The number of carbonyl (C=O) groups is 2. The Hall–Kier alpha value is -3.70. The lowest BCUT2D eigenvalue weighted by Gasteiger charge is -2.15. The van der Waals surface area contributed by atoms with Crippen LogP contribution in [0.5, 0.6) is 0 Å². The second-order valence-electron chi connectivity index (χ2n) is 7.50. The number of aromatic nitrogens is 1. The van der Waals surface area contributed by atoms with Gasteiger partial charge in [0.1, 0.15) is 0 Å². The van der Waals surface area contributed by atoms with Crippen molar-refractivity contribution >= 4 is 28.3 Å². The van der Waals surface area contributed by atoms with Crippen LogP contribution in [0.1, 0.15) is 34.5 Å². The molecule has 4 rings (SSSR count). The van der Waals surface area contributed by atoms with Crippen LogP contribution < -0.4 is 10.6 Å². The molecule has 1 aromatic heterocycles. The highest BCUT2D eigenvalue weighted by atomic mass is 16.2. The normalized spacial score (nSPS) is 11.9. The number of anilines is 1. The summed E-state index contributed by atoms with van der Waals surface area (Å²) in [6.45, 7) is 2.20. The largest absolute Gasteiger partial charge is 0.360 e. The molecule has 4 N–H and O–H groups in total. The highest BCUT2D eigenvalue weighted by Crippen LogP contribution is 2.23. The predicted molar refractivity (Wildman–Crippen MR) is 123 cm³/mol. The first kappa shape index (κ1) is 20.6. The molecule has 4 aromatic rings. The number of H-pyrrole nitrogens is 1. The minimum absolute atomic E-state index is 0.0228. The quantitative estimate of drug-likeness (QED) is 0.384. The number of hydrogen-bond donors (Lipinski definition) is 3. The maximum Gasteiger partial charge on any atom is 0.279 e. The Labute approximate surface area is 181 Å². The van der Waals surface area contributed by atoms with E-state index in [-0.39, 0.29) is 18.2 Å². The molecular formula is C26H26N3O2+. The first-order valence-electron chi connectivity index (χ1n) is 10.5. The second-order valence-corrected chi connectivity index (χ2v) is 7.50. The van der Waals surface area contributed by atoms with E-state index in [9.17, 15) is 9.59 Å². The van der Waals surface area contributed by atoms with Crippen LogP contribution in [-0.4, -0.2) is 23.2 Å². The number of quaternary nitrogens is 1. The number of amides is 1. The molecule has 0 radical (unpaired) electrons. The number of aromatic amines is 1. The Balaban J connectivity index is 1.55. The molecule has 1 heterocycles. The summed E-state index contributed by atoms with van der Waals surface area (Å²) in [6.07, 6.45) is 2.60. The molecule has 0 fully saturated rings. The average molecular weight is 413 g/mol. The third-order valence-corrected chi connectivity index (χ3v) is 5.51. The van der Waals surface area contributed by atoms with Crippen LogP contribution in [0.2, 0.25) is 0 Å². The maximum absolute atomic E-state index is 13.5. The SMILES string of the molecule is CCc1ccccc1NC(=O)C[NH2+][C@@H](C(=O)c1c[nH]c2ccccc12)c1ccccc1. The van der Waals surface area contributed by atoms with Crippen molar-refractivity contribution in [2.24, 2.45) is 0 Å². The second kappa shape index (κ2) is 9.41. The van der Waals surface area contributed by atoms with Crippen LogP contribution in [0.15, 0.2) is 85.1 Å². The molecule has 0 aliphatic rings. The lowest BCUT2D eigenvalue weighted by molar-refractivity contribution is -0.670. The van der Waals surface area contributed by atoms with Gasteiger partial charge in [-0.2, -0.15) is 0 Å². The minimum atomic E-state index is -0.507. The van der Waals surface area contributed by atoms with Crippen LogP contribution in [0.4, 0.5) is 5.69 Å². The number of aryl methyl sites for hydroxylation is 1. The van der Waals surface area contributed by atoms with E-state index in [0.29, 0.717) is 5.56 Å². The number of nitrogens with one attached hydrogen (secondary N) is 2. The van der Waals surface area contributed by atoms with Gasteiger partial charge in [0.15, 0.2) is 12.6 Å². The highest BCUT2D eigenvalue weighted by molar-refractivity contribution is 6.10. The van der Waals surface area contributed by atoms with Crippen molar-refractivity contribution < 1.29 is 14.9 Å². The van der Waals surface area contributed by atoms with Crippen molar-refractivity contribution in [3.63, 3.8) is 0 Å². The number of para-hydroxylation sites is 2. The number of hydrogen-bond acceptors (Lipinski definition) is 2. The van der Waals surface area contributed by atoms with Crippen LogP contribution >= 0.6 is 0 Å². The Morgan fingerprint density at radius 3 is 2.45 bits per heavy atom. The highest BCUT2D eigenvalue weighted by Gasteiger charge is 2.28. The van der Waals surface area contributed by atoms with E-state index in [4.69, 9.17) is 0 Å². The summed E-state index contributed by atoms with van der Waals surface area (Å²) in [4.78, 5) is 29.4. The molecule has 3 aromatic carbocycles. The van der Waals surface area contributed by atoms with Crippen LogP contribution in [0, 0.1) is 0 Å². The van der Waals surface area contributed by atoms with E-state index in [1.54, 1.807) is 6.20 Å². The van der Waals surface area contributed by atoms with Crippen molar-refractivity contribution in [1.82, 2.24) is 4.98 Å². The molecule has 0 saturated carbocycles. The van der Waals surface area contributed by atoms with Crippen molar-refractivity contribution in [1.29, 1.82) is 0 Å². The summed E-state index contributed by atoms with van der Waals surface area (Å²) in [6, 6.07) is 24.6. The van der Waals surface area contributed by atoms with Gasteiger partial charge >= 0.3 is 0 Å². The van der Waals surface area contributed by atoms with E-state index in [2.05, 4.69) is 17.2 Å². The predicted octanol–water partition coefficient (Wildman–Crippen LogP) is 3.86. The summed E-state index contributed by atoms with van der Waals surface area (Å²) in [7, 11) is 0. The summed E-state index contributed by atoms with van der Waals surface area (Å²) >= 11 is 0. The summed E-state index contributed by atoms with van der Waals surface area (Å²) in [5.74, 6) is -0.154. The smallest absolute Gasteiger partial charge is 0.279 e. The molecule has 0 unspecified atom stereocenters. The molecule has 0 aliphatic carbocycles. The monoisotopic (exact) mass is 412 g/mol. The zero-order valence-corrected chi connectivity index (χ0v) is 17.5. The van der Waals surface area contributed by atoms with Crippen molar-refractivity contribution in [3.8, 4) is 0 Å². The van der Waals surface area contributed by atoms with Gasteiger partial charge in [-0.15, -0.1) is 0 Å². The minimum Gasteiger partial charge on any atom is -0.360 e. The Kier molecular flexibility index (Phi) is 6.24.